The van der Waals surface area contributed by atoms with Crippen molar-refractivity contribution in [3.05, 3.63) is 52.9 Å². The van der Waals surface area contributed by atoms with Gasteiger partial charge in [-0.2, -0.15) is 4.98 Å². The highest BCUT2D eigenvalue weighted by atomic mass is 35.5. The minimum atomic E-state index is 0.203. The Labute approximate surface area is 173 Å². The predicted octanol–water partition coefficient (Wildman–Crippen LogP) is 4.12. The average molecular weight is 414 g/mol. The molecule has 29 heavy (non-hydrogen) atoms. The second kappa shape index (κ2) is 7.57. The maximum atomic E-state index is 6.42. The minimum absolute atomic E-state index is 0.203. The van der Waals surface area contributed by atoms with Crippen molar-refractivity contribution in [3.8, 4) is 28.6 Å². The quantitative estimate of drug-likeness (QED) is 0.623. The van der Waals surface area contributed by atoms with Gasteiger partial charge < -0.3 is 18.7 Å². The van der Waals surface area contributed by atoms with E-state index >= 15 is 0 Å². The van der Waals surface area contributed by atoms with Crippen LogP contribution in [0.3, 0.4) is 0 Å². The Morgan fingerprint density at radius 1 is 1.21 bits per heavy atom. The Morgan fingerprint density at radius 3 is 2.93 bits per heavy atom. The molecule has 5 rings (SSSR count). The highest BCUT2D eigenvalue weighted by Crippen LogP contribution is 2.38. The summed E-state index contributed by atoms with van der Waals surface area (Å²) in [6, 6.07) is 11.4. The number of hydrogen-bond donors (Lipinski definition) is 0. The number of aromatic nitrogens is 2. The number of halogens is 1. The lowest BCUT2D eigenvalue weighted by atomic mass is 10.1. The van der Waals surface area contributed by atoms with Crippen LogP contribution in [-0.2, 0) is 6.54 Å². The van der Waals surface area contributed by atoms with Crippen LogP contribution in [0.4, 0.5) is 0 Å². The number of fused-ring (bicyclic) bond motifs is 1. The Bertz CT molecular complexity index is 1040. The van der Waals surface area contributed by atoms with E-state index in [1.54, 1.807) is 7.11 Å². The maximum absolute atomic E-state index is 6.42. The molecule has 0 spiro atoms. The summed E-state index contributed by atoms with van der Waals surface area (Å²) >= 11 is 6.42. The van der Waals surface area contributed by atoms with Crippen LogP contribution in [0.5, 0.6) is 17.2 Å². The summed E-state index contributed by atoms with van der Waals surface area (Å²) in [7, 11) is 1.64. The first-order chi connectivity index (χ1) is 14.2. The second-order valence-electron chi connectivity index (χ2n) is 7.21. The minimum Gasteiger partial charge on any atom is -0.497 e. The molecule has 3 aromatic rings. The molecule has 1 atom stereocenters. The van der Waals surface area contributed by atoms with E-state index in [0.29, 0.717) is 22.5 Å². The zero-order valence-electron chi connectivity index (χ0n) is 15.9. The van der Waals surface area contributed by atoms with Crippen molar-refractivity contribution in [3.63, 3.8) is 0 Å². The van der Waals surface area contributed by atoms with Gasteiger partial charge in [0.1, 0.15) is 5.75 Å². The van der Waals surface area contributed by atoms with Gasteiger partial charge in [-0.3, -0.25) is 4.90 Å². The molecular formula is C21H20ClN3O4. The standard InChI is InChI=1S/C21H20ClN3O4/c1-26-16-4-2-3-13(7-16)20-23-21(29-24-20)14-5-6-25(10-14)11-15-8-18-19(9-17(15)22)28-12-27-18/h2-4,7-9,14H,5-6,10-12H2,1H3. The molecule has 2 aliphatic heterocycles. The lowest BCUT2D eigenvalue weighted by Crippen LogP contribution is -2.20. The smallest absolute Gasteiger partial charge is 0.231 e. The van der Waals surface area contributed by atoms with E-state index in [-0.39, 0.29) is 12.7 Å². The van der Waals surface area contributed by atoms with E-state index in [4.69, 9.17) is 30.3 Å². The van der Waals surface area contributed by atoms with Crippen molar-refractivity contribution in [2.45, 2.75) is 18.9 Å². The summed E-state index contributed by atoms with van der Waals surface area (Å²) in [6.45, 7) is 2.76. The van der Waals surface area contributed by atoms with Crippen LogP contribution >= 0.6 is 11.6 Å². The van der Waals surface area contributed by atoms with Crippen LogP contribution in [0.1, 0.15) is 23.8 Å². The van der Waals surface area contributed by atoms with E-state index in [1.807, 2.05) is 36.4 Å². The number of benzene rings is 2. The summed E-state index contributed by atoms with van der Waals surface area (Å²) < 4.78 is 21.7. The van der Waals surface area contributed by atoms with Gasteiger partial charge in [-0.05, 0) is 36.7 Å². The Hall–Kier alpha value is -2.77. The van der Waals surface area contributed by atoms with Gasteiger partial charge in [0.25, 0.3) is 0 Å². The number of methoxy groups -OCH3 is 1. The number of rotatable bonds is 5. The second-order valence-corrected chi connectivity index (χ2v) is 7.61. The summed E-state index contributed by atoms with van der Waals surface area (Å²) in [5.74, 6) is 3.67. The molecule has 8 heteroatoms. The van der Waals surface area contributed by atoms with Crippen molar-refractivity contribution in [2.24, 2.45) is 0 Å². The van der Waals surface area contributed by atoms with E-state index < -0.39 is 0 Å². The molecule has 7 nitrogen and oxygen atoms in total. The van der Waals surface area contributed by atoms with E-state index in [2.05, 4.69) is 15.0 Å². The summed E-state index contributed by atoms with van der Waals surface area (Å²) in [5.41, 5.74) is 1.90. The molecule has 0 radical (unpaired) electrons. The van der Waals surface area contributed by atoms with Crippen molar-refractivity contribution >= 4 is 11.6 Å². The molecule has 1 unspecified atom stereocenters. The lowest BCUT2D eigenvalue weighted by Gasteiger charge is -2.16. The van der Waals surface area contributed by atoms with Gasteiger partial charge in [-0.25, -0.2) is 0 Å². The van der Waals surface area contributed by atoms with Crippen molar-refractivity contribution in [1.29, 1.82) is 0 Å². The number of ether oxygens (including phenoxy) is 3. The molecule has 1 aromatic heterocycles. The topological polar surface area (TPSA) is 69.9 Å². The molecule has 2 aliphatic rings. The Balaban J connectivity index is 1.27. The zero-order chi connectivity index (χ0) is 19.8. The van der Waals surface area contributed by atoms with E-state index in [1.165, 1.54) is 0 Å². The molecule has 3 heterocycles. The van der Waals surface area contributed by atoms with Gasteiger partial charge in [0.05, 0.1) is 13.0 Å². The Morgan fingerprint density at radius 2 is 2.07 bits per heavy atom. The fourth-order valence-electron chi connectivity index (χ4n) is 3.78. The molecule has 2 aromatic carbocycles. The van der Waals surface area contributed by atoms with Crippen LogP contribution in [0, 0.1) is 0 Å². The fourth-order valence-corrected chi connectivity index (χ4v) is 3.99. The van der Waals surface area contributed by atoms with Crippen LogP contribution in [0.15, 0.2) is 40.9 Å². The van der Waals surface area contributed by atoms with Gasteiger partial charge >= 0.3 is 0 Å². The lowest BCUT2D eigenvalue weighted by molar-refractivity contribution is 0.174. The third-order valence-corrected chi connectivity index (χ3v) is 5.68. The molecular weight excluding hydrogens is 394 g/mol. The first-order valence-corrected chi connectivity index (χ1v) is 9.86. The molecule has 150 valence electrons. The van der Waals surface area contributed by atoms with Crippen LogP contribution in [-0.4, -0.2) is 42.0 Å². The SMILES string of the molecule is COc1cccc(-c2noc(C3CCN(Cc4cc5c(cc4Cl)OCO5)C3)n2)c1. The van der Waals surface area contributed by atoms with Crippen molar-refractivity contribution < 1.29 is 18.7 Å². The largest absolute Gasteiger partial charge is 0.497 e. The molecule has 0 N–H and O–H groups in total. The predicted molar refractivity (Wildman–Crippen MR) is 106 cm³/mol. The van der Waals surface area contributed by atoms with Crippen LogP contribution in [0.25, 0.3) is 11.4 Å². The third-order valence-electron chi connectivity index (χ3n) is 5.33. The first-order valence-electron chi connectivity index (χ1n) is 9.48. The average Bonchev–Trinajstić information content (AvgIpc) is 3.48. The van der Waals surface area contributed by atoms with Crippen LogP contribution in [0.2, 0.25) is 5.02 Å². The fraction of sp³-hybridized carbons (Fsp3) is 0.333. The molecule has 0 amide bonds. The van der Waals surface area contributed by atoms with Crippen molar-refractivity contribution in [2.75, 3.05) is 27.0 Å². The van der Waals surface area contributed by atoms with Crippen LogP contribution < -0.4 is 14.2 Å². The van der Waals surface area contributed by atoms with Gasteiger partial charge in [-0.1, -0.05) is 28.9 Å². The number of nitrogens with zero attached hydrogens (tertiary/aromatic N) is 3. The molecule has 1 saturated heterocycles. The molecule has 0 bridgehead atoms. The molecule has 1 fully saturated rings. The summed E-state index contributed by atoms with van der Waals surface area (Å²) in [5, 5.41) is 4.85. The highest BCUT2D eigenvalue weighted by Gasteiger charge is 2.29. The summed E-state index contributed by atoms with van der Waals surface area (Å²) in [6.07, 6.45) is 0.960. The first kappa shape index (κ1) is 18.3. The van der Waals surface area contributed by atoms with Gasteiger partial charge in [0.15, 0.2) is 11.5 Å². The normalized spacial score (nSPS) is 18.3. The number of likely N-dealkylation sites (tertiary alicyclic amines) is 1. The third kappa shape index (κ3) is 3.63. The van der Waals surface area contributed by atoms with Crippen molar-refractivity contribution in [1.82, 2.24) is 15.0 Å². The van der Waals surface area contributed by atoms with E-state index in [9.17, 15) is 0 Å². The van der Waals surface area contributed by atoms with Gasteiger partial charge in [0.2, 0.25) is 18.5 Å². The monoisotopic (exact) mass is 413 g/mol. The maximum Gasteiger partial charge on any atom is 0.231 e. The van der Waals surface area contributed by atoms with Gasteiger partial charge in [0, 0.05) is 29.7 Å². The number of hydrogen-bond acceptors (Lipinski definition) is 7. The molecule has 0 saturated carbocycles. The highest BCUT2D eigenvalue weighted by molar-refractivity contribution is 6.31. The van der Waals surface area contributed by atoms with Gasteiger partial charge in [-0.15, -0.1) is 0 Å². The summed E-state index contributed by atoms with van der Waals surface area (Å²) in [4.78, 5) is 6.96. The Kier molecular flexibility index (Phi) is 4.77. The van der Waals surface area contributed by atoms with E-state index in [0.717, 1.165) is 48.7 Å². The molecule has 0 aliphatic carbocycles. The zero-order valence-corrected chi connectivity index (χ0v) is 16.7.